The zero-order valence-electron chi connectivity index (χ0n) is 13.9. The lowest BCUT2D eigenvalue weighted by Crippen LogP contribution is -2.30. The molecule has 2 aromatic carbocycles. The number of hydrogen-bond acceptors (Lipinski definition) is 3. The Labute approximate surface area is 147 Å². The largest absolute Gasteiger partial charge is 0.744 e. The van der Waals surface area contributed by atoms with Crippen LogP contribution in [0.3, 0.4) is 0 Å². The molecule has 130 valence electrons. The Balaban J connectivity index is 0.000000186. The highest BCUT2D eigenvalue weighted by molar-refractivity contribution is 7.85. The number of aromatic nitrogens is 1. The normalized spacial score (nSPS) is 10.7. The molecule has 0 aliphatic heterocycles. The molecule has 1 aromatic heterocycles. The van der Waals surface area contributed by atoms with Crippen LogP contribution in [0.5, 0.6) is 0 Å². The van der Waals surface area contributed by atoms with Crippen LogP contribution >= 0.6 is 0 Å². The number of halogens is 1. The molecule has 0 radical (unpaired) electrons. The van der Waals surface area contributed by atoms with Crippen LogP contribution in [0.4, 0.5) is 4.39 Å². The summed E-state index contributed by atoms with van der Waals surface area (Å²) in [4.78, 5) is -0.178. The molecule has 0 fully saturated rings. The molecular formula is C19H18FNO3S. The third kappa shape index (κ3) is 5.48. The minimum atomic E-state index is -4.27. The van der Waals surface area contributed by atoms with Crippen molar-refractivity contribution in [3.8, 4) is 5.69 Å². The summed E-state index contributed by atoms with van der Waals surface area (Å²) in [5, 5.41) is 0. The number of nitrogens with zero attached hydrogens (tertiary/aromatic N) is 1. The lowest BCUT2D eigenvalue weighted by Gasteiger charge is -2.05. The quantitative estimate of drug-likeness (QED) is 0.521. The van der Waals surface area contributed by atoms with Gasteiger partial charge < -0.3 is 4.55 Å². The standard InChI is InChI=1S/C12H11FN.C7H8O3S/c1-10-4-2-3-5-12(10)14-8-6-11(13)7-9-14;1-6-2-4-7(5-3-6)11(8,9)10/h2-9H,1H3;2-5H,1H3,(H,8,9,10)/q+1;/p-1. The Morgan fingerprint density at radius 3 is 1.96 bits per heavy atom. The van der Waals surface area contributed by atoms with Crippen molar-refractivity contribution in [2.75, 3.05) is 0 Å². The maximum absolute atomic E-state index is 12.7. The summed E-state index contributed by atoms with van der Waals surface area (Å²) in [5.74, 6) is -0.213. The molecule has 4 nitrogen and oxygen atoms in total. The van der Waals surface area contributed by atoms with E-state index in [1.165, 1.54) is 29.8 Å². The maximum Gasteiger partial charge on any atom is 0.213 e. The summed E-state index contributed by atoms with van der Waals surface area (Å²) < 4.78 is 45.8. The Morgan fingerprint density at radius 2 is 1.44 bits per heavy atom. The zero-order chi connectivity index (χ0) is 18.4. The average Bonchev–Trinajstić information content (AvgIpc) is 2.56. The third-order valence-electron chi connectivity index (χ3n) is 3.49. The van der Waals surface area contributed by atoms with Crippen molar-refractivity contribution in [1.29, 1.82) is 0 Å². The molecule has 6 heteroatoms. The van der Waals surface area contributed by atoms with Gasteiger partial charge in [0.25, 0.3) is 0 Å². The topological polar surface area (TPSA) is 61.1 Å². The second-order valence-electron chi connectivity index (χ2n) is 5.48. The Kier molecular flexibility index (Phi) is 6.01. The minimum absolute atomic E-state index is 0.178. The monoisotopic (exact) mass is 359 g/mol. The van der Waals surface area contributed by atoms with Gasteiger partial charge in [0.1, 0.15) is 15.9 Å². The first-order chi connectivity index (χ1) is 11.8. The predicted molar refractivity (Wildman–Crippen MR) is 91.8 cm³/mol. The van der Waals surface area contributed by atoms with Gasteiger partial charge in [0.05, 0.1) is 4.90 Å². The predicted octanol–water partition coefficient (Wildman–Crippen LogP) is 3.31. The third-order valence-corrected chi connectivity index (χ3v) is 4.34. The Morgan fingerprint density at radius 1 is 0.880 bits per heavy atom. The van der Waals surface area contributed by atoms with Crippen LogP contribution in [0.1, 0.15) is 11.1 Å². The van der Waals surface area contributed by atoms with E-state index < -0.39 is 10.1 Å². The summed E-state index contributed by atoms with van der Waals surface area (Å²) in [6.07, 6.45) is 3.44. The highest BCUT2D eigenvalue weighted by Gasteiger charge is 2.07. The van der Waals surface area contributed by atoms with Crippen LogP contribution in [-0.2, 0) is 10.1 Å². The van der Waals surface area contributed by atoms with Crippen molar-refractivity contribution in [2.24, 2.45) is 0 Å². The molecule has 0 amide bonds. The molecule has 3 rings (SSSR count). The van der Waals surface area contributed by atoms with Crippen molar-refractivity contribution in [2.45, 2.75) is 18.7 Å². The van der Waals surface area contributed by atoms with Crippen molar-refractivity contribution in [1.82, 2.24) is 0 Å². The lowest BCUT2D eigenvalue weighted by atomic mass is 10.2. The molecule has 3 aromatic rings. The number of pyridine rings is 1. The fraction of sp³-hybridized carbons (Fsp3) is 0.105. The average molecular weight is 359 g/mol. The lowest BCUT2D eigenvalue weighted by molar-refractivity contribution is -0.596. The Hall–Kier alpha value is -2.57. The second-order valence-corrected chi connectivity index (χ2v) is 6.86. The van der Waals surface area contributed by atoms with E-state index in [0.29, 0.717) is 0 Å². The van der Waals surface area contributed by atoms with Crippen LogP contribution < -0.4 is 4.57 Å². The first-order valence-electron chi connectivity index (χ1n) is 7.53. The highest BCUT2D eigenvalue weighted by Crippen LogP contribution is 2.08. The molecule has 0 atom stereocenters. The minimum Gasteiger partial charge on any atom is -0.744 e. The number of benzene rings is 2. The van der Waals surface area contributed by atoms with E-state index in [1.54, 1.807) is 24.5 Å². The molecule has 0 bridgehead atoms. The molecular weight excluding hydrogens is 341 g/mol. The molecule has 0 aliphatic rings. The number of para-hydroxylation sites is 1. The molecule has 0 aliphatic carbocycles. The molecule has 25 heavy (non-hydrogen) atoms. The first kappa shape index (κ1) is 18.8. The zero-order valence-corrected chi connectivity index (χ0v) is 14.7. The summed E-state index contributed by atoms with van der Waals surface area (Å²) in [6, 6.07) is 16.7. The van der Waals surface area contributed by atoms with Gasteiger partial charge in [0, 0.05) is 23.8 Å². The van der Waals surface area contributed by atoms with Crippen molar-refractivity contribution < 1.29 is 21.9 Å². The van der Waals surface area contributed by atoms with Crippen molar-refractivity contribution in [3.05, 3.63) is 90.0 Å². The SMILES string of the molecule is Cc1ccc(S(=O)(=O)[O-])cc1.Cc1ccccc1-[n+]1ccc(F)cc1. The molecule has 0 saturated carbocycles. The van der Waals surface area contributed by atoms with Crippen molar-refractivity contribution in [3.63, 3.8) is 0 Å². The van der Waals surface area contributed by atoms with Crippen LogP contribution in [0, 0.1) is 19.7 Å². The molecule has 0 unspecified atom stereocenters. The molecule has 0 spiro atoms. The van der Waals surface area contributed by atoms with Crippen LogP contribution in [0.25, 0.3) is 5.69 Å². The van der Waals surface area contributed by atoms with Gasteiger partial charge in [-0.15, -0.1) is 0 Å². The molecule has 0 saturated heterocycles. The summed E-state index contributed by atoms with van der Waals surface area (Å²) >= 11 is 0. The first-order valence-corrected chi connectivity index (χ1v) is 8.93. The maximum atomic E-state index is 12.7. The van der Waals surface area contributed by atoms with Gasteiger partial charge >= 0.3 is 0 Å². The van der Waals surface area contributed by atoms with Gasteiger partial charge in [0.2, 0.25) is 5.69 Å². The fourth-order valence-corrected chi connectivity index (χ4v) is 2.60. The van der Waals surface area contributed by atoms with Gasteiger partial charge in [-0.05, 0) is 26.0 Å². The summed E-state index contributed by atoms with van der Waals surface area (Å²) in [5.41, 5.74) is 3.18. The fourth-order valence-electron chi connectivity index (χ4n) is 2.13. The highest BCUT2D eigenvalue weighted by atomic mass is 32.2. The number of rotatable bonds is 2. The van der Waals surface area contributed by atoms with Gasteiger partial charge in [-0.3, -0.25) is 0 Å². The van der Waals surface area contributed by atoms with E-state index in [4.69, 9.17) is 0 Å². The van der Waals surface area contributed by atoms with E-state index in [0.717, 1.165) is 11.3 Å². The van der Waals surface area contributed by atoms with Crippen LogP contribution in [-0.4, -0.2) is 13.0 Å². The van der Waals surface area contributed by atoms with E-state index in [1.807, 2.05) is 42.7 Å². The van der Waals surface area contributed by atoms with E-state index >= 15 is 0 Å². The number of aryl methyl sites for hydroxylation is 2. The van der Waals surface area contributed by atoms with Crippen LogP contribution in [0.15, 0.2) is 78.0 Å². The van der Waals surface area contributed by atoms with Gasteiger partial charge in [-0.2, -0.15) is 4.57 Å². The smallest absolute Gasteiger partial charge is 0.213 e. The van der Waals surface area contributed by atoms with E-state index in [-0.39, 0.29) is 10.7 Å². The summed E-state index contributed by atoms with van der Waals surface area (Å²) in [6.45, 7) is 3.85. The van der Waals surface area contributed by atoms with E-state index in [9.17, 15) is 17.4 Å². The van der Waals surface area contributed by atoms with Crippen molar-refractivity contribution >= 4 is 10.1 Å². The van der Waals surface area contributed by atoms with Gasteiger partial charge in [0.15, 0.2) is 12.4 Å². The van der Waals surface area contributed by atoms with Gasteiger partial charge in [-0.25, -0.2) is 12.8 Å². The molecule has 1 heterocycles. The second kappa shape index (κ2) is 8.00. The summed E-state index contributed by atoms with van der Waals surface area (Å²) in [7, 11) is -4.27. The van der Waals surface area contributed by atoms with E-state index in [2.05, 4.69) is 0 Å². The Bertz CT molecular complexity index is 937. The van der Waals surface area contributed by atoms with Crippen LogP contribution in [0.2, 0.25) is 0 Å². The number of hydrogen-bond donors (Lipinski definition) is 0. The molecule has 0 N–H and O–H groups in total. The van der Waals surface area contributed by atoms with Gasteiger partial charge in [-0.1, -0.05) is 35.9 Å².